The molecule has 12 nitrogen and oxygen atoms in total. The second-order valence-electron chi connectivity index (χ2n) is 12.8. The first kappa shape index (κ1) is 35.5. The maximum atomic E-state index is 14.0. The maximum Gasteiger partial charge on any atom is 0.321 e. The molecule has 0 spiro atoms. The van der Waals surface area contributed by atoms with Crippen LogP contribution in [0.2, 0.25) is 0 Å². The number of aliphatic hydroxyl groups is 1. The molecular weight excluding hydrogens is 627 g/mol. The summed E-state index contributed by atoms with van der Waals surface area (Å²) in [5.74, 6) is -0.0932. The van der Waals surface area contributed by atoms with Crippen LogP contribution in [0.4, 0.5) is 4.79 Å². The molecule has 3 aromatic rings. The molecule has 3 atom stereocenters. The molecule has 1 fully saturated rings. The molecule has 14 heteroatoms. The lowest BCUT2D eigenvalue weighted by Gasteiger charge is -2.34. The Morgan fingerprint density at radius 1 is 1.09 bits per heavy atom. The van der Waals surface area contributed by atoms with Gasteiger partial charge in [0, 0.05) is 44.8 Å². The number of amides is 3. The average Bonchev–Trinajstić information content (AvgIpc) is 3.67. The summed E-state index contributed by atoms with van der Waals surface area (Å²) in [5, 5.41) is 17.5. The molecule has 2 aromatic heterocycles. The fourth-order valence-corrected chi connectivity index (χ4v) is 7.95. The zero-order valence-corrected chi connectivity index (χ0v) is 29.4. The Hall–Kier alpha value is -3.33. The number of hydrogen-bond donors (Lipinski definition) is 2. The number of urea groups is 1. The predicted molar refractivity (Wildman–Crippen MR) is 178 cm³/mol. The van der Waals surface area contributed by atoms with Gasteiger partial charge >= 0.3 is 6.03 Å². The topological polar surface area (TPSA) is 141 Å². The quantitative estimate of drug-likeness (QED) is 0.253. The Morgan fingerprint density at radius 3 is 2.35 bits per heavy atom. The number of rotatable bonds is 15. The Balaban J connectivity index is 1.57. The largest absolute Gasteiger partial charge is 0.390 e. The third kappa shape index (κ3) is 8.52. The second-order valence-corrected chi connectivity index (χ2v) is 15.7. The third-order valence-corrected chi connectivity index (χ3v) is 10.6. The summed E-state index contributed by atoms with van der Waals surface area (Å²) >= 11 is 1.53. The van der Waals surface area contributed by atoms with Crippen LogP contribution in [-0.4, -0.2) is 98.5 Å². The predicted octanol–water partition coefficient (Wildman–Crippen LogP) is 3.19. The zero-order valence-electron chi connectivity index (χ0n) is 27.8. The smallest absolute Gasteiger partial charge is 0.321 e. The van der Waals surface area contributed by atoms with Crippen molar-refractivity contribution in [1.82, 2.24) is 34.0 Å². The molecular formula is C32H47N7O5S2. The SMILES string of the molecule is Cc1nc(CN2CCN([C@H](C(=O)N[C@@H](Cc3ccccc3)[C@@H](O)CN(CC(C)C)S(=O)(=O)c3cn(C)c(C)n3)C(C)C)C2=O)cs1. The number of carbonyl (C=O) groups excluding carboxylic acids is 2. The van der Waals surface area contributed by atoms with E-state index in [9.17, 15) is 23.1 Å². The van der Waals surface area contributed by atoms with Crippen molar-refractivity contribution in [2.45, 2.75) is 77.7 Å². The van der Waals surface area contributed by atoms with Crippen molar-refractivity contribution in [3.05, 3.63) is 64.0 Å². The van der Waals surface area contributed by atoms with E-state index in [-0.39, 0.29) is 42.4 Å². The van der Waals surface area contributed by atoms with E-state index in [2.05, 4.69) is 15.3 Å². The molecule has 0 aliphatic carbocycles. The molecule has 2 N–H and O–H groups in total. The van der Waals surface area contributed by atoms with Gasteiger partial charge in [0.15, 0.2) is 5.03 Å². The first-order chi connectivity index (χ1) is 21.7. The van der Waals surface area contributed by atoms with Crippen molar-refractivity contribution >= 4 is 33.3 Å². The van der Waals surface area contributed by atoms with E-state index in [1.165, 1.54) is 21.8 Å². The summed E-state index contributed by atoms with van der Waals surface area (Å²) in [6, 6.07) is 7.56. The Kier molecular flexibility index (Phi) is 11.6. The first-order valence-electron chi connectivity index (χ1n) is 15.7. The minimum Gasteiger partial charge on any atom is -0.390 e. The summed E-state index contributed by atoms with van der Waals surface area (Å²) in [7, 11) is -2.32. The molecule has 4 rings (SSSR count). The second kappa shape index (κ2) is 15.1. The van der Waals surface area contributed by atoms with Crippen molar-refractivity contribution in [2.24, 2.45) is 18.9 Å². The molecule has 1 aromatic carbocycles. The van der Waals surface area contributed by atoms with Crippen LogP contribution in [-0.2, 0) is 34.8 Å². The molecule has 0 unspecified atom stereocenters. The van der Waals surface area contributed by atoms with Gasteiger partial charge in [-0.15, -0.1) is 11.3 Å². The highest BCUT2D eigenvalue weighted by atomic mass is 32.2. The van der Waals surface area contributed by atoms with Gasteiger partial charge in [-0.1, -0.05) is 58.0 Å². The van der Waals surface area contributed by atoms with Gasteiger partial charge in [-0.05, 0) is 37.7 Å². The molecule has 0 saturated carbocycles. The summed E-state index contributed by atoms with van der Waals surface area (Å²) in [6.45, 7) is 12.4. The van der Waals surface area contributed by atoms with Crippen molar-refractivity contribution in [2.75, 3.05) is 26.2 Å². The van der Waals surface area contributed by atoms with E-state index in [0.29, 0.717) is 25.5 Å². The van der Waals surface area contributed by atoms with Crippen LogP contribution in [0, 0.1) is 25.7 Å². The minimum absolute atomic E-state index is 0.0309. The highest BCUT2D eigenvalue weighted by molar-refractivity contribution is 7.89. The minimum atomic E-state index is -4.04. The van der Waals surface area contributed by atoms with E-state index in [1.807, 2.05) is 70.3 Å². The van der Waals surface area contributed by atoms with Crippen LogP contribution in [0.1, 0.15) is 49.8 Å². The number of aliphatic hydroxyl groups excluding tert-OH is 1. The average molecular weight is 674 g/mol. The van der Waals surface area contributed by atoms with Crippen molar-refractivity contribution in [3.63, 3.8) is 0 Å². The Labute approximate surface area is 276 Å². The molecule has 46 heavy (non-hydrogen) atoms. The first-order valence-corrected chi connectivity index (χ1v) is 18.0. The van der Waals surface area contributed by atoms with E-state index in [4.69, 9.17) is 0 Å². The molecule has 1 saturated heterocycles. The van der Waals surface area contributed by atoms with Gasteiger partial charge in [0.1, 0.15) is 11.9 Å². The number of imidazole rings is 1. The van der Waals surface area contributed by atoms with Crippen LogP contribution in [0.5, 0.6) is 0 Å². The number of thiazole rings is 1. The normalized spacial score (nSPS) is 16.1. The summed E-state index contributed by atoms with van der Waals surface area (Å²) < 4.78 is 30.4. The van der Waals surface area contributed by atoms with Crippen molar-refractivity contribution in [3.8, 4) is 0 Å². The lowest BCUT2D eigenvalue weighted by Crippen LogP contribution is -2.57. The maximum absolute atomic E-state index is 14.0. The molecule has 0 bridgehead atoms. The van der Waals surface area contributed by atoms with E-state index in [0.717, 1.165) is 16.3 Å². The van der Waals surface area contributed by atoms with Gasteiger partial charge < -0.3 is 24.8 Å². The number of sulfonamides is 1. The van der Waals surface area contributed by atoms with Gasteiger partial charge in [-0.25, -0.2) is 23.2 Å². The van der Waals surface area contributed by atoms with Gasteiger partial charge in [0.25, 0.3) is 10.0 Å². The molecule has 252 valence electrons. The summed E-state index contributed by atoms with van der Waals surface area (Å²) in [4.78, 5) is 39.5. The van der Waals surface area contributed by atoms with Crippen LogP contribution in [0.25, 0.3) is 0 Å². The highest BCUT2D eigenvalue weighted by Crippen LogP contribution is 2.23. The standard InChI is InChI=1S/C32H47N7O5S2/c1-21(2)16-38(46(43,44)29-19-36(7)23(5)33-29)18-28(40)27(15-25-11-9-8-10-12-25)35-31(41)30(22(3)4)39-14-13-37(32(39)42)17-26-20-45-24(6)34-26/h8-12,19-22,27-28,30,40H,13-18H2,1-7H3,(H,35,41)/t27-,28-,30-/m0/s1. The number of nitrogens with zero attached hydrogens (tertiary/aromatic N) is 6. The number of carbonyl (C=O) groups is 2. The van der Waals surface area contributed by atoms with E-state index in [1.54, 1.807) is 28.3 Å². The van der Waals surface area contributed by atoms with Crippen molar-refractivity contribution in [1.29, 1.82) is 0 Å². The fraction of sp³-hybridized carbons (Fsp3) is 0.562. The summed E-state index contributed by atoms with van der Waals surface area (Å²) in [6.07, 6.45) is 0.473. The number of benzene rings is 1. The molecule has 1 aliphatic rings. The van der Waals surface area contributed by atoms with Crippen LogP contribution in [0.15, 0.2) is 46.9 Å². The monoisotopic (exact) mass is 673 g/mol. The van der Waals surface area contributed by atoms with Gasteiger partial charge in [-0.2, -0.15) is 4.31 Å². The van der Waals surface area contributed by atoms with Crippen LogP contribution in [0.3, 0.4) is 0 Å². The number of aromatic nitrogens is 3. The zero-order chi connectivity index (χ0) is 33.8. The third-order valence-electron chi connectivity index (χ3n) is 8.12. The van der Waals surface area contributed by atoms with Crippen LogP contribution >= 0.6 is 11.3 Å². The lowest BCUT2D eigenvalue weighted by atomic mass is 9.97. The van der Waals surface area contributed by atoms with E-state index >= 15 is 0 Å². The Morgan fingerprint density at radius 2 is 1.78 bits per heavy atom. The molecule has 3 heterocycles. The van der Waals surface area contributed by atoms with Gasteiger partial charge in [-0.3, -0.25) is 4.79 Å². The van der Waals surface area contributed by atoms with E-state index < -0.39 is 34.1 Å². The number of aryl methyl sites for hydroxylation is 3. The summed E-state index contributed by atoms with van der Waals surface area (Å²) in [5.41, 5.74) is 1.68. The molecule has 1 aliphatic heterocycles. The molecule has 3 amide bonds. The van der Waals surface area contributed by atoms with Gasteiger partial charge in [0.2, 0.25) is 5.91 Å². The fourth-order valence-electron chi connectivity index (χ4n) is 5.70. The van der Waals surface area contributed by atoms with Crippen molar-refractivity contribution < 1.29 is 23.1 Å². The van der Waals surface area contributed by atoms with Gasteiger partial charge in [0.05, 0.1) is 29.4 Å². The lowest BCUT2D eigenvalue weighted by molar-refractivity contribution is -0.128. The molecule has 0 radical (unpaired) electrons. The number of hydrogen-bond acceptors (Lipinski definition) is 8. The highest BCUT2D eigenvalue weighted by Gasteiger charge is 2.41. The van der Waals surface area contributed by atoms with Crippen LogP contribution < -0.4 is 5.32 Å². The number of nitrogens with one attached hydrogen (secondary N) is 1. The Bertz CT molecular complexity index is 1570.